The van der Waals surface area contributed by atoms with E-state index in [1.54, 1.807) is 12.4 Å². The molecule has 2 heteroatoms. The fourth-order valence-corrected chi connectivity index (χ4v) is 0.661. The van der Waals surface area contributed by atoms with Crippen LogP contribution >= 0.6 is 0 Å². The Balaban J connectivity index is 2.53. The number of allylic oxidation sites excluding steroid dienone is 4. The maximum absolute atomic E-state index is 3.74. The normalized spacial score (nSPS) is 24.0. The van der Waals surface area contributed by atoms with Crippen LogP contribution in [0.25, 0.3) is 0 Å². The molecule has 0 amide bonds. The van der Waals surface area contributed by atoms with Gasteiger partial charge in [-0.3, -0.25) is 0 Å². The first kappa shape index (κ1) is 6.93. The van der Waals surface area contributed by atoms with E-state index in [2.05, 4.69) is 22.4 Å². The molecular weight excluding hydrogens is 124 g/mol. The Morgan fingerprint density at radius 3 is 1.80 bits per heavy atom. The summed E-state index contributed by atoms with van der Waals surface area (Å²) in [5, 5.41) is 7.48. The Labute approximate surface area is 60.7 Å². The Morgan fingerprint density at radius 2 is 1.30 bits per heavy atom. The molecule has 0 atom stereocenters. The third-order valence-electron chi connectivity index (χ3n) is 1.14. The maximum atomic E-state index is 3.74. The highest BCUT2D eigenvalue weighted by Crippen LogP contribution is 1.92. The molecule has 0 aliphatic carbocycles. The van der Waals surface area contributed by atoms with Gasteiger partial charge in [-0.2, -0.15) is 10.2 Å². The van der Waals surface area contributed by atoms with Crippen molar-refractivity contribution in [2.24, 2.45) is 10.2 Å². The van der Waals surface area contributed by atoms with E-state index in [1.165, 1.54) is 0 Å². The van der Waals surface area contributed by atoms with Crippen LogP contribution in [0.5, 0.6) is 0 Å². The van der Waals surface area contributed by atoms with Gasteiger partial charge in [-0.25, -0.2) is 0 Å². The summed E-state index contributed by atoms with van der Waals surface area (Å²) in [5.41, 5.74) is 0. The van der Waals surface area contributed by atoms with Gasteiger partial charge in [-0.15, -0.1) is 0 Å². The summed E-state index contributed by atoms with van der Waals surface area (Å²) in [5.74, 6) is 0. The smallest absolute Gasteiger partial charge is 0.0492 e. The van der Waals surface area contributed by atoms with Crippen LogP contribution in [-0.2, 0) is 0 Å². The zero-order chi connectivity index (χ0) is 7.07. The molecule has 0 saturated heterocycles. The third-order valence-corrected chi connectivity index (χ3v) is 1.14. The molecule has 0 aromatic carbocycles. The van der Waals surface area contributed by atoms with Gasteiger partial charge in [0.25, 0.3) is 0 Å². The van der Waals surface area contributed by atoms with Crippen LogP contribution in [0.15, 0.2) is 34.5 Å². The molecule has 1 heterocycles. The quantitative estimate of drug-likeness (QED) is 0.483. The van der Waals surface area contributed by atoms with E-state index in [0.29, 0.717) is 0 Å². The standard InChI is InChI=1S/C8H10N2/c1-2-4-6-8-10-9-7-5-3-1/h3-8H,1-2H2/b5-3-,6-4?,9-7-,10-8?. The molecule has 0 fully saturated rings. The minimum atomic E-state index is 1.08. The van der Waals surface area contributed by atoms with Crippen molar-refractivity contribution in [3.8, 4) is 0 Å². The first-order valence-electron chi connectivity index (χ1n) is 3.37. The Kier molecular flexibility index (Phi) is 3.24. The van der Waals surface area contributed by atoms with Crippen LogP contribution in [0.3, 0.4) is 0 Å². The SMILES string of the molecule is C1=CCC/C=C\C=N/N=C1. The zero-order valence-corrected chi connectivity index (χ0v) is 5.77. The van der Waals surface area contributed by atoms with E-state index < -0.39 is 0 Å². The van der Waals surface area contributed by atoms with Crippen molar-refractivity contribution in [3.05, 3.63) is 24.3 Å². The van der Waals surface area contributed by atoms with Crippen LogP contribution in [-0.4, -0.2) is 12.4 Å². The lowest BCUT2D eigenvalue weighted by Gasteiger charge is -1.84. The monoisotopic (exact) mass is 134 g/mol. The second kappa shape index (κ2) is 4.68. The van der Waals surface area contributed by atoms with Gasteiger partial charge < -0.3 is 0 Å². The largest absolute Gasteiger partial charge is 0.159 e. The zero-order valence-electron chi connectivity index (χ0n) is 5.77. The van der Waals surface area contributed by atoms with Crippen LogP contribution in [0, 0.1) is 0 Å². The van der Waals surface area contributed by atoms with Crippen molar-refractivity contribution in [1.82, 2.24) is 0 Å². The highest BCUT2D eigenvalue weighted by atomic mass is 15.2. The topological polar surface area (TPSA) is 24.7 Å². The fourth-order valence-electron chi connectivity index (χ4n) is 0.661. The van der Waals surface area contributed by atoms with Gasteiger partial charge in [0.1, 0.15) is 0 Å². The molecule has 10 heavy (non-hydrogen) atoms. The summed E-state index contributed by atoms with van der Waals surface area (Å²) in [4.78, 5) is 0. The Morgan fingerprint density at radius 1 is 0.800 bits per heavy atom. The van der Waals surface area contributed by atoms with Crippen molar-refractivity contribution in [3.63, 3.8) is 0 Å². The number of hydrogen-bond donors (Lipinski definition) is 0. The van der Waals surface area contributed by atoms with Gasteiger partial charge in [0.05, 0.1) is 0 Å². The lowest BCUT2D eigenvalue weighted by atomic mass is 10.3. The molecule has 0 N–H and O–H groups in total. The maximum Gasteiger partial charge on any atom is 0.0492 e. The van der Waals surface area contributed by atoms with Crippen molar-refractivity contribution >= 4 is 12.4 Å². The van der Waals surface area contributed by atoms with E-state index in [9.17, 15) is 0 Å². The molecule has 52 valence electrons. The third kappa shape index (κ3) is 2.97. The highest BCUT2D eigenvalue weighted by Gasteiger charge is 1.75. The molecule has 0 radical (unpaired) electrons. The van der Waals surface area contributed by atoms with Crippen molar-refractivity contribution in [1.29, 1.82) is 0 Å². The average Bonchev–Trinajstić information content (AvgIpc) is 2.01. The Bertz CT molecular complexity index is 165. The van der Waals surface area contributed by atoms with Crippen LogP contribution in [0.2, 0.25) is 0 Å². The second-order valence-electron chi connectivity index (χ2n) is 1.96. The lowest BCUT2D eigenvalue weighted by Crippen LogP contribution is -1.71. The minimum absolute atomic E-state index is 1.08. The van der Waals surface area contributed by atoms with E-state index in [0.717, 1.165) is 12.8 Å². The fraction of sp³-hybridized carbons (Fsp3) is 0.250. The molecule has 0 bridgehead atoms. The van der Waals surface area contributed by atoms with Gasteiger partial charge in [0, 0.05) is 12.4 Å². The molecule has 1 aliphatic rings. The van der Waals surface area contributed by atoms with Crippen LogP contribution < -0.4 is 0 Å². The van der Waals surface area contributed by atoms with Crippen molar-refractivity contribution in [2.45, 2.75) is 12.8 Å². The highest BCUT2D eigenvalue weighted by molar-refractivity contribution is 5.74. The number of hydrogen-bond acceptors (Lipinski definition) is 2. The van der Waals surface area contributed by atoms with Gasteiger partial charge in [-0.1, -0.05) is 12.2 Å². The van der Waals surface area contributed by atoms with Gasteiger partial charge in [0.15, 0.2) is 0 Å². The molecule has 0 aromatic rings. The van der Waals surface area contributed by atoms with E-state index in [4.69, 9.17) is 0 Å². The van der Waals surface area contributed by atoms with Gasteiger partial charge >= 0.3 is 0 Å². The summed E-state index contributed by atoms with van der Waals surface area (Å²) >= 11 is 0. The molecule has 1 rings (SSSR count). The summed E-state index contributed by atoms with van der Waals surface area (Å²) in [6.45, 7) is 0. The Hall–Kier alpha value is -1.18. The van der Waals surface area contributed by atoms with Gasteiger partial charge in [0.2, 0.25) is 0 Å². The summed E-state index contributed by atoms with van der Waals surface area (Å²) in [6.07, 6.45) is 13.5. The second-order valence-corrected chi connectivity index (χ2v) is 1.96. The molecule has 1 aliphatic heterocycles. The summed E-state index contributed by atoms with van der Waals surface area (Å²) in [6, 6.07) is 0. The summed E-state index contributed by atoms with van der Waals surface area (Å²) in [7, 11) is 0. The molecule has 0 spiro atoms. The first-order valence-corrected chi connectivity index (χ1v) is 3.37. The predicted octanol–water partition coefficient (Wildman–Crippen LogP) is 1.95. The van der Waals surface area contributed by atoms with Gasteiger partial charge in [-0.05, 0) is 25.0 Å². The van der Waals surface area contributed by atoms with E-state index >= 15 is 0 Å². The van der Waals surface area contributed by atoms with Crippen molar-refractivity contribution in [2.75, 3.05) is 0 Å². The van der Waals surface area contributed by atoms with E-state index in [1.807, 2.05) is 12.2 Å². The molecular formula is C8H10N2. The van der Waals surface area contributed by atoms with Crippen molar-refractivity contribution < 1.29 is 0 Å². The number of rotatable bonds is 0. The predicted molar refractivity (Wildman–Crippen MR) is 44.5 cm³/mol. The first-order chi connectivity index (χ1) is 5.00. The molecule has 0 unspecified atom stereocenters. The van der Waals surface area contributed by atoms with Crippen LogP contribution in [0.1, 0.15) is 12.8 Å². The molecule has 0 aromatic heterocycles. The average molecular weight is 134 g/mol. The molecule has 0 saturated carbocycles. The van der Waals surface area contributed by atoms with E-state index in [-0.39, 0.29) is 0 Å². The number of nitrogens with zero attached hydrogens (tertiary/aromatic N) is 2. The minimum Gasteiger partial charge on any atom is -0.159 e. The van der Waals surface area contributed by atoms with Crippen LogP contribution in [0.4, 0.5) is 0 Å². The lowest BCUT2D eigenvalue weighted by molar-refractivity contribution is 1.05. The molecule has 2 nitrogen and oxygen atoms in total. The summed E-state index contributed by atoms with van der Waals surface area (Å²) < 4.78 is 0.